The van der Waals surface area contributed by atoms with Crippen molar-refractivity contribution in [3.8, 4) is 0 Å². The number of rotatable bonds is 7. The van der Waals surface area contributed by atoms with Crippen LogP contribution in [0.5, 0.6) is 0 Å². The molecule has 1 aliphatic heterocycles. The van der Waals surface area contributed by atoms with E-state index in [2.05, 4.69) is 22.1 Å². The van der Waals surface area contributed by atoms with Crippen molar-refractivity contribution in [2.24, 2.45) is 0 Å². The summed E-state index contributed by atoms with van der Waals surface area (Å²) in [7, 11) is 1.85. The molecule has 1 aromatic rings. The molecule has 0 spiro atoms. The molecule has 21 heavy (non-hydrogen) atoms. The highest BCUT2D eigenvalue weighted by Crippen LogP contribution is 2.09. The van der Waals surface area contributed by atoms with Gasteiger partial charge in [0.2, 0.25) is 0 Å². The van der Waals surface area contributed by atoms with E-state index in [-0.39, 0.29) is 5.91 Å². The summed E-state index contributed by atoms with van der Waals surface area (Å²) in [5.74, 6) is -0.00348. The molecule has 0 bridgehead atoms. The number of nitrogens with zero attached hydrogens (tertiary/aromatic N) is 3. The summed E-state index contributed by atoms with van der Waals surface area (Å²) < 4.78 is 0. The summed E-state index contributed by atoms with van der Waals surface area (Å²) in [6, 6.07) is 3.72. The van der Waals surface area contributed by atoms with Gasteiger partial charge in [-0.25, -0.2) is 4.98 Å². The lowest BCUT2D eigenvalue weighted by atomic mass is 10.3. The quantitative estimate of drug-likeness (QED) is 0.835. The predicted molar refractivity (Wildman–Crippen MR) is 85.7 cm³/mol. The minimum Gasteiger partial charge on any atom is -0.384 e. The summed E-state index contributed by atoms with van der Waals surface area (Å²) in [5, 5.41) is 3.26. The monoisotopic (exact) mass is 290 g/mol. The fourth-order valence-corrected chi connectivity index (χ4v) is 2.49. The molecule has 1 aliphatic rings. The standard InChI is InChI=1S/C16H26N4O/c1-3-8-17-14-6-7-15(18-13-14)16(21)19(2)11-12-20-9-4-5-10-20/h6-7,13,17H,3-5,8-12H2,1-2H3. The highest BCUT2D eigenvalue weighted by atomic mass is 16.2. The third-order valence-electron chi connectivity index (χ3n) is 3.86. The molecule has 2 heterocycles. The van der Waals surface area contributed by atoms with Gasteiger partial charge < -0.3 is 15.1 Å². The number of carbonyl (C=O) groups is 1. The van der Waals surface area contributed by atoms with Crippen molar-refractivity contribution in [1.82, 2.24) is 14.8 Å². The molecule has 0 unspecified atom stereocenters. The number of nitrogens with one attached hydrogen (secondary N) is 1. The minimum atomic E-state index is -0.00348. The molecule has 1 fully saturated rings. The van der Waals surface area contributed by atoms with Crippen LogP contribution in [-0.4, -0.2) is 60.5 Å². The minimum absolute atomic E-state index is 0.00348. The van der Waals surface area contributed by atoms with E-state index in [1.165, 1.54) is 12.8 Å². The number of anilines is 1. The molecule has 1 saturated heterocycles. The highest BCUT2D eigenvalue weighted by Gasteiger charge is 2.16. The van der Waals surface area contributed by atoms with Crippen molar-refractivity contribution in [3.63, 3.8) is 0 Å². The molecular formula is C16H26N4O. The van der Waals surface area contributed by atoms with Crippen LogP contribution in [0.3, 0.4) is 0 Å². The van der Waals surface area contributed by atoms with E-state index in [0.29, 0.717) is 5.69 Å². The van der Waals surface area contributed by atoms with Crippen LogP contribution >= 0.6 is 0 Å². The number of hydrogen-bond donors (Lipinski definition) is 1. The predicted octanol–water partition coefficient (Wildman–Crippen LogP) is 2.07. The van der Waals surface area contributed by atoms with E-state index < -0.39 is 0 Å². The van der Waals surface area contributed by atoms with Crippen molar-refractivity contribution in [3.05, 3.63) is 24.0 Å². The van der Waals surface area contributed by atoms with Gasteiger partial charge in [-0.15, -0.1) is 0 Å². The Bertz CT molecular complexity index is 440. The van der Waals surface area contributed by atoms with Gasteiger partial charge in [0.25, 0.3) is 5.91 Å². The third kappa shape index (κ3) is 4.70. The lowest BCUT2D eigenvalue weighted by Gasteiger charge is -2.21. The lowest BCUT2D eigenvalue weighted by Crippen LogP contribution is -2.35. The number of pyridine rings is 1. The molecule has 2 rings (SSSR count). The molecule has 1 amide bonds. The maximum absolute atomic E-state index is 12.3. The third-order valence-corrected chi connectivity index (χ3v) is 3.86. The molecule has 0 aliphatic carbocycles. The molecule has 5 heteroatoms. The average molecular weight is 290 g/mol. The number of amides is 1. The van der Waals surface area contributed by atoms with E-state index >= 15 is 0 Å². The van der Waals surface area contributed by atoms with E-state index in [0.717, 1.165) is 44.8 Å². The number of hydrogen-bond acceptors (Lipinski definition) is 4. The fourth-order valence-electron chi connectivity index (χ4n) is 2.49. The van der Waals surface area contributed by atoms with Crippen LogP contribution in [0.15, 0.2) is 18.3 Å². The fraction of sp³-hybridized carbons (Fsp3) is 0.625. The normalized spacial score (nSPS) is 15.1. The lowest BCUT2D eigenvalue weighted by molar-refractivity contribution is 0.0776. The number of likely N-dealkylation sites (N-methyl/N-ethyl adjacent to an activating group) is 1. The van der Waals surface area contributed by atoms with Crippen LogP contribution in [0.1, 0.15) is 36.7 Å². The Hall–Kier alpha value is -1.62. The van der Waals surface area contributed by atoms with Gasteiger partial charge in [0.1, 0.15) is 5.69 Å². The zero-order valence-electron chi connectivity index (χ0n) is 13.1. The number of carbonyl (C=O) groups excluding carboxylic acids is 1. The largest absolute Gasteiger partial charge is 0.384 e. The Morgan fingerprint density at radius 2 is 2.14 bits per heavy atom. The second-order valence-corrected chi connectivity index (χ2v) is 5.63. The van der Waals surface area contributed by atoms with Crippen LogP contribution in [-0.2, 0) is 0 Å². The zero-order valence-corrected chi connectivity index (χ0v) is 13.1. The second kappa shape index (κ2) is 7.98. The van der Waals surface area contributed by atoms with E-state index in [1.807, 2.05) is 13.1 Å². The van der Waals surface area contributed by atoms with Gasteiger partial charge in [-0.1, -0.05) is 6.92 Å². The maximum atomic E-state index is 12.3. The van der Waals surface area contributed by atoms with Gasteiger partial charge in [-0.3, -0.25) is 4.79 Å². The first-order valence-electron chi connectivity index (χ1n) is 7.88. The van der Waals surface area contributed by atoms with Gasteiger partial charge >= 0.3 is 0 Å². The molecule has 5 nitrogen and oxygen atoms in total. The Morgan fingerprint density at radius 1 is 1.38 bits per heavy atom. The molecule has 0 aromatic carbocycles. The van der Waals surface area contributed by atoms with Crippen LogP contribution in [0.25, 0.3) is 0 Å². The Morgan fingerprint density at radius 3 is 2.76 bits per heavy atom. The average Bonchev–Trinajstić information content (AvgIpc) is 3.04. The zero-order chi connectivity index (χ0) is 15.1. The van der Waals surface area contributed by atoms with Crippen LogP contribution in [0.2, 0.25) is 0 Å². The molecule has 0 radical (unpaired) electrons. The highest BCUT2D eigenvalue weighted by molar-refractivity contribution is 5.92. The molecule has 1 aromatic heterocycles. The maximum Gasteiger partial charge on any atom is 0.272 e. The summed E-state index contributed by atoms with van der Waals surface area (Å²) in [5.41, 5.74) is 1.48. The SMILES string of the molecule is CCCNc1ccc(C(=O)N(C)CCN2CCCC2)nc1. The number of aromatic nitrogens is 1. The van der Waals surface area contributed by atoms with Gasteiger partial charge in [-0.2, -0.15) is 0 Å². The summed E-state index contributed by atoms with van der Waals surface area (Å²) in [6.07, 6.45) is 5.37. The van der Waals surface area contributed by atoms with Crippen molar-refractivity contribution < 1.29 is 4.79 Å². The van der Waals surface area contributed by atoms with E-state index in [4.69, 9.17) is 0 Å². The molecule has 116 valence electrons. The summed E-state index contributed by atoms with van der Waals surface area (Å²) in [4.78, 5) is 20.7. The van der Waals surface area contributed by atoms with Gasteiger partial charge in [0.15, 0.2) is 0 Å². The molecular weight excluding hydrogens is 264 g/mol. The topological polar surface area (TPSA) is 48.5 Å². The van der Waals surface area contributed by atoms with Gasteiger partial charge in [-0.05, 0) is 44.5 Å². The van der Waals surface area contributed by atoms with E-state index in [9.17, 15) is 4.79 Å². The molecule has 0 saturated carbocycles. The molecule has 0 atom stereocenters. The Labute approximate surface area is 127 Å². The first kappa shape index (κ1) is 15.8. The van der Waals surface area contributed by atoms with Crippen molar-refractivity contribution >= 4 is 11.6 Å². The van der Waals surface area contributed by atoms with Crippen molar-refractivity contribution in [1.29, 1.82) is 0 Å². The van der Waals surface area contributed by atoms with Crippen LogP contribution in [0.4, 0.5) is 5.69 Å². The smallest absolute Gasteiger partial charge is 0.272 e. The van der Waals surface area contributed by atoms with Crippen LogP contribution in [0, 0.1) is 0 Å². The Balaban J connectivity index is 1.83. The Kier molecular flexibility index (Phi) is 5.99. The summed E-state index contributed by atoms with van der Waals surface area (Å²) in [6.45, 7) is 7.09. The van der Waals surface area contributed by atoms with Crippen LogP contribution < -0.4 is 5.32 Å². The number of likely N-dealkylation sites (tertiary alicyclic amines) is 1. The first-order chi connectivity index (χ1) is 10.2. The first-order valence-corrected chi connectivity index (χ1v) is 7.88. The van der Waals surface area contributed by atoms with Crippen molar-refractivity contribution in [2.75, 3.05) is 45.1 Å². The van der Waals surface area contributed by atoms with E-state index in [1.54, 1.807) is 17.2 Å². The van der Waals surface area contributed by atoms with Gasteiger partial charge in [0, 0.05) is 26.7 Å². The van der Waals surface area contributed by atoms with Crippen molar-refractivity contribution in [2.45, 2.75) is 26.2 Å². The molecule has 1 N–H and O–H groups in total. The summed E-state index contributed by atoms with van der Waals surface area (Å²) >= 11 is 0. The van der Waals surface area contributed by atoms with Gasteiger partial charge in [0.05, 0.1) is 11.9 Å². The second-order valence-electron chi connectivity index (χ2n) is 5.63.